The average Bonchev–Trinajstić information content (AvgIpc) is 3.00. The second-order valence-corrected chi connectivity index (χ2v) is 5.77. The predicted molar refractivity (Wildman–Crippen MR) is 85.1 cm³/mol. The van der Waals surface area contributed by atoms with Gasteiger partial charge in [0.05, 0.1) is 5.56 Å². The number of nitrogens with one attached hydrogen (secondary N) is 1. The molecule has 1 unspecified atom stereocenters. The van der Waals surface area contributed by atoms with Crippen LogP contribution in [0.25, 0.3) is 5.65 Å². The van der Waals surface area contributed by atoms with Gasteiger partial charge in [-0.2, -0.15) is 13.2 Å². The van der Waals surface area contributed by atoms with Crippen molar-refractivity contribution < 1.29 is 18.0 Å². The van der Waals surface area contributed by atoms with E-state index in [0.717, 1.165) is 4.90 Å². The molecule has 25 heavy (non-hydrogen) atoms. The molecule has 128 valence electrons. The van der Waals surface area contributed by atoms with Gasteiger partial charge in [0.15, 0.2) is 0 Å². The number of carbonyl (C=O) groups excluding carboxylic acids is 1. The van der Waals surface area contributed by atoms with Crippen molar-refractivity contribution >= 4 is 17.2 Å². The number of anilines is 1. The SMILES string of the molecule is O=C1c2ccccc2NC(c2cn3ccccc3n2)N1CC(F)(F)F. The Labute approximate surface area is 140 Å². The Morgan fingerprint density at radius 3 is 2.64 bits per heavy atom. The van der Waals surface area contributed by atoms with Gasteiger partial charge in [-0.05, 0) is 24.3 Å². The normalized spacial score (nSPS) is 17.5. The van der Waals surface area contributed by atoms with Crippen LogP contribution in [0.4, 0.5) is 18.9 Å². The molecule has 3 heterocycles. The molecule has 0 spiro atoms. The van der Waals surface area contributed by atoms with Crippen LogP contribution in [0.15, 0.2) is 54.9 Å². The van der Waals surface area contributed by atoms with Crippen LogP contribution in [-0.2, 0) is 0 Å². The van der Waals surface area contributed by atoms with Gasteiger partial charge in [0.2, 0.25) is 0 Å². The van der Waals surface area contributed by atoms with E-state index in [0.29, 0.717) is 17.0 Å². The van der Waals surface area contributed by atoms with E-state index in [2.05, 4.69) is 10.3 Å². The first kappa shape index (κ1) is 15.5. The molecule has 0 saturated heterocycles. The Morgan fingerprint density at radius 1 is 1.12 bits per heavy atom. The lowest BCUT2D eigenvalue weighted by Crippen LogP contribution is -2.47. The van der Waals surface area contributed by atoms with Crippen molar-refractivity contribution in [1.82, 2.24) is 14.3 Å². The highest BCUT2D eigenvalue weighted by molar-refractivity contribution is 6.01. The Morgan fingerprint density at radius 2 is 1.88 bits per heavy atom. The molecule has 8 heteroatoms. The van der Waals surface area contributed by atoms with Gasteiger partial charge in [0.1, 0.15) is 24.1 Å². The number of amides is 1. The Balaban J connectivity index is 1.81. The van der Waals surface area contributed by atoms with Crippen LogP contribution in [0.3, 0.4) is 0 Å². The second-order valence-electron chi connectivity index (χ2n) is 5.77. The summed E-state index contributed by atoms with van der Waals surface area (Å²) in [5.74, 6) is -0.672. The van der Waals surface area contributed by atoms with Crippen molar-refractivity contribution in [2.75, 3.05) is 11.9 Å². The van der Waals surface area contributed by atoms with Crippen LogP contribution in [-0.4, -0.2) is 32.9 Å². The summed E-state index contributed by atoms with van der Waals surface area (Å²) in [5.41, 5.74) is 1.65. The molecular weight excluding hydrogens is 333 g/mol. The van der Waals surface area contributed by atoms with E-state index < -0.39 is 24.8 Å². The number of rotatable bonds is 2. The molecule has 1 amide bonds. The average molecular weight is 346 g/mol. The molecule has 3 aromatic rings. The fourth-order valence-electron chi connectivity index (χ4n) is 2.97. The molecule has 0 saturated carbocycles. The molecule has 5 nitrogen and oxygen atoms in total. The van der Waals surface area contributed by atoms with Gasteiger partial charge in [-0.25, -0.2) is 4.98 Å². The maximum Gasteiger partial charge on any atom is 0.406 e. The highest BCUT2D eigenvalue weighted by Gasteiger charge is 2.41. The molecule has 4 rings (SSSR count). The summed E-state index contributed by atoms with van der Waals surface area (Å²) in [7, 11) is 0. The summed E-state index contributed by atoms with van der Waals surface area (Å²) >= 11 is 0. The number of para-hydroxylation sites is 1. The summed E-state index contributed by atoms with van der Waals surface area (Å²) in [6.45, 7) is -1.36. The largest absolute Gasteiger partial charge is 0.406 e. The van der Waals surface area contributed by atoms with Crippen molar-refractivity contribution in [1.29, 1.82) is 0 Å². The highest BCUT2D eigenvalue weighted by atomic mass is 19.4. The molecule has 1 atom stereocenters. The molecule has 0 bridgehead atoms. The van der Waals surface area contributed by atoms with Gasteiger partial charge in [-0.3, -0.25) is 4.79 Å². The van der Waals surface area contributed by atoms with Gasteiger partial charge >= 0.3 is 6.18 Å². The van der Waals surface area contributed by atoms with E-state index in [1.807, 2.05) is 0 Å². The van der Waals surface area contributed by atoms with E-state index in [1.165, 1.54) is 6.07 Å². The number of fused-ring (bicyclic) bond motifs is 2. The third kappa shape index (κ3) is 2.79. The molecule has 1 aliphatic heterocycles. The molecule has 1 aliphatic rings. The number of benzene rings is 1. The lowest BCUT2D eigenvalue weighted by atomic mass is 10.1. The number of hydrogen-bond donors (Lipinski definition) is 1. The van der Waals surface area contributed by atoms with Crippen molar-refractivity contribution in [3.8, 4) is 0 Å². The number of nitrogens with zero attached hydrogens (tertiary/aromatic N) is 3. The maximum atomic E-state index is 13.0. The first-order valence-electron chi connectivity index (χ1n) is 7.59. The van der Waals surface area contributed by atoms with Gasteiger partial charge < -0.3 is 14.6 Å². The zero-order valence-electron chi connectivity index (χ0n) is 12.9. The van der Waals surface area contributed by atoms with Crippen molar-refractivity contribution in [2.45, 2.75) is 12.3 Å². The van der Waals surface area contributed by atoms with Gasteiger partial charge in [0.25, 0.3) is 5.91 Å². The van der Waals surface area contributed by atoms with Crippen LogP contribution in [0, 0.1) is 0 Å². The summed E-state index contributed by atoms with van der Waals surface area (Å²) in [6.07, 6.45) is -2.14. The van der Waals surface area contributed by atoms with E-state index in [4.69, 9.17) is 0 Å². The van der Waals surface area contributed by atoms with E-state index in [-0.39, 0.29) is 5.56 Å². The van der Waals surface area contributed by atoms with Gasteiger partial charge in [0, 0.05) is 18.1 Å². The number of imidazole rings is 1. The fraction of sp³-hybridized carbons (Fsp3) is 0.176. The predicted octanol–water partition coefficient (Wildman–Crippen LogP) is 3.46. The Hall–Kier alpha value is -3.03. The number of halogens is 3. The Kier molecular flexibility index (Phi) is 3.41. The van der Waals surface area contributed by atoms with Crippen LogP contribution < -0.4 is 5.32 Å². The quantitative estimate of drug-likeness (QED) is 0.773. The van der Waals surface area contributed by atoms with Crippen LogP contribution in [0.2, 0.25) is 0 Å². The third-order valence-corrected chi connectivity index (χ3v) is 4.03. The minimum absolute atomic E-state index is 0.215. The van der Waals surface area contributed by atoms with Crippen LogP contribution in [0.1, 0.15) is 22.2 Å². The second kappa shape index (κ2) is 5.51. The van der Waals surface area contributed by atoms with Crippen LogP contribution >= 0.6 is 0 Å². The topological polar surface area (TPSA) is 49.6 Å². The number of alkyl halides is 3. The molecule has 1 N–H and O–H groups in total. The molecule has 1 aromatic carbocycles. The maximum absolute atomic E-state index is 13.0. The lowest BCUT2D eigenvalue weighted by molar-refractivity contribution is -0.144. The summed E-state index contributed by atoms with van der Waals surface area (Å²) in [6, 6.07) is 11.8. The number of carbonyl (C=O) groups is 1. The monoisotopic (exact) mass is 346 g/mol. The van der Waals surface area contributed by atoms with Crippen LogP contribution in [0.5, 0.6) is 0 Å². The first-order valence-corrected chi connectivity index (χ1v) is 7.59. The van der Waals surface area contributed by atoms with Gasteiger partial charge in [-0.15, -0.1) is 0 Å². The fourth-order valence-corrected chi connectivity index (χ4v) is 2.97. The minimum atomic E-state index is -4.51. The Bertz CT molecular complexity index is 917. The third-order valence-electron chi connectivity index (χ3n) is 4.03. The van der Waals surface area contributed by atoms with Crippen molar-refractivity contribution in [3.05, 3.63) is 66.1 Å². The summed E-state index contributed by atoms with van der Waals surface area (Å²) < 4.78 is 40.8. The lowest BCUT2D eigenvalue weighted by Gasteiger charge is -2.37. The number of pyridine rings is 1. The van der Waals surface area contributed by atoms with E-state index in [1.54, 1.807) is 53.2 Å². The van der Waals surface area contributed by atoms with Gasteiger partial charge in [-0.1, -0.05) is 18.2 Å². The first-order chi connectivity index (χ1) is 11.9. The minimum Gasteiger partial charge on any atom is -0.359 e. The number of aromatic nitrogens is 2. The highest BCUT2D eigenvalue weighted by Crippen LogP contribution is 2.34. The smallest absolute Gasteiger partial charge is 0.359 e. The van der Waals surface area contributed by atoms with Crippen molar-refractivity contribution in [2.24, 2.45) is 0 Å². The molecule has 0 aliphatic carbocycles. The summed E-state index contributed by atoms with van der Waals surface area (Å²) in [4.78, 5) is 17.8. The summed E-state index contributed by atoms with van der Waals surface area (Å²) in [5, 5.41) is 3.01. The zero-order chi connectivity index (χ0) is 17.6. The molecular formula is C17H13F3N4O. The number of hydrogen-bond acceptors (Lipinski definition) is 3. The molecule has 2 aromatic heterocycles. The molecule has 0 fully saturated rings. The zero-order valence-corrected chi connectivity index (χ0v) is 12.9. The standard InChI is InChI=1S/C17H13F3N4O/c18-17(19,20)10-24-15(13-9-23-8-4-3-7-14(23)21-13)22-12-6-2-1-5-11(12)16(24)25/h1-9,15,22H,10H2. The van der Waals surface area contributed by atoms with Crippen molar-refractivity contribution in [3.63, 3.8) is 0 Å². The van der Waals surface area contributed by atoms with E-state index in [9.17, 15) is 18.0 Å². The van der Waals surface area contributed by atoms with E-state index >= 15 is 0 Å². The molecule has 0 radical (unpaired) electrons.